The summed E-state index contributed by atoms with van der Waals surface area (Å²) in [6.45, 7) is 4.02. The number of alkyl carbamates (subject to hydrolysis) is 1. The van der Waals surface area contributed by atoms with Crippen molar-refractivity contribution in [1.82, 2.24) is 21.1 Å². The zero-order valence-electron chi connectivity index (χ0n) is 14.0. The van der Waals surface area contributed by atoms with Gasteiger partial charge >= 0.3 is 6.09 Å². The van der Waals surface area contributed by atoms with E-state index in [9.17, 15) is 14.4 Å². The van der Waals surface area contributed by atoms with Crippen LogP contribution in [0.1, 0.15) is 25.2 Å². The van der Waals surface area contributed by atoms with Crippen molar-refractivity contribution in [1.29, 1.82) is 0 Å². The summed E-state index contributed by atoms with van der Waals surface area (Å²) in [7, 11) is 0. The lowest BCUT2D eigenvalue weighted by Gasteiger charge is -2.08. The smallest absolute Gasteiger partial charge is 0.407 e. The second kappa shape index (κ2) is 9.11. The molecule has 0 bridgehead atoms. The molecular formula is C15H17ClFN5O4. The van der Waals surface area contributed by atoms with Gasteiger partial charge in [-0.1, -0.05) is 30.6 Å². The van der Waals surface area contributed by atoms with Gasteiger partial charge in [0, 0.05) is 0 Å². The van der Waals surface area contributed by atoms with E-state index >= 15 is 0 Å². The molecule has 2 rings (SSSR count). The molecule has 0 saturated heterocycles. The Hall–Kier alpha value is -2.72. The minimum Gasteiger partial charge on any atom is -0.449 e. The molecule has 26 heavy (non-hydrogen) atoms. The Morgan fingerprint density at radius 1 is 1.46 bits per heavy atom. The first-order chi connectivity index (χ1) is 12.4. The van der Waals surface area contributed by atoms with Crippen LogP contribution in [0.15, 0.2) is 27.8 Å². The van der Waals surface area contributed by atoms with Crippen LogP contribution in [-0.4, -0.2) is 34.1 Å². The second-order valence-electron chi connectivity index (χ2n) is 5.58. The minimum atomic E-state index is -0.631. The Morgan fingerprint density at radius 3 is 2.88 bits per heavy atom. The van der Waals surface area contributed by atoms with Gasteiger partial charge in [-0.25, -0.2) is 18.8 Å². The normalized spacial score (nSPS) is 11.5. The van der Waals surface area contributed by atoms with Crippen LogP contribution in [0.25, 0.3) is 0 Å². The van der Waals surface area contributed by atoms with Crippen LogP contribution in [0.2, 0.25) is 5.02 Å². The van der Waals surface area contributed by atoms with E-state index in [1.165, 1.54) is 12.1 Å². The molecule has 0 aliphatic heterocycles. The van der Waals surface area contributed by atoms with Crippen molar-refractivity contribution in [3.63, 3.8) is 0 Å². The van der Waals surface area contributed by atoms with Crippen LogP contribution >= 0.6 is 11.6 Å². The zero-order chi connectivity index (χ0) is 19.1. The first kappa shape index (κ1) is 19.6. The Labute approximate surface area is 153 Å². The summed E-state index contributed by atoms with van der Waals surface area (Å²) in [4.78, 5) is 15.7. The number of aliphatic imine (C=N–C) groups is 1. The zero-order valence-corrected chi connectivity index (χ0v) is 14.7. The lowest BCUT2D eigenvalue weighted by atomic mass is 10.2. The SMILES string of the molecule is CC(C)COC(=O)NCc1nonc1C(=Nc1ccc(F)c(Cl)c1)NO. The lowest BCUT2D eigenvalue weighted by molar-refractivity contribution is 0.132. The third-order valence-corrected chi connectivity index (χ3v) is 3.27. The van der Waals surface area contributed by atoms with Gasteiger partial charge in [-0.15, -0.1) is 0 Å². The first-order valence-corrected chi connectivity index (χ1v) is 7.94. The molecule has 11 heteroatoms. The number of hydrogen-bond donors (Lipinski definition) is 3. The number of halogens is 2. The van der Waals surface area contributed by atoms with Crippen molar-refractivity contribution < 1.29 is 23.8 Å². The van der Waals surface area contributed by atoms with E-state index in [2.05, 4.69) is 25.3 Å². The summed E-state index contributed by atoms with van der Waals surface area (Å²) in [5.41, 5.74) is 2.36. The molecule has 0 unspecified atom stereocenters. The average molecular weight is 386 g/mol. The molecule has 9 nitrogen and oxygen atoms in total. The van der Waals surface area contributed by atoms with Gasteiger partial charge in [-0.3, -0.25) is 10.7 Å². The molecule has 1 heterocycles. The average Bonchev–Trinajstić information content (AvgIpc) is 3.07. The molecule has 0 radical (unpaired) electrons. The van der Waals surface area contributed by atoms with Gasteiger partial charge in [0.25, 0.3) is 0 Å². The molecule has 1 aromatic carbocycles. The van der Waals surface area contributed by atoms with Crippen LogP contribution in [0.3, 0.4) is 0 Å². The molecule has 140 valence electrons. The molecule has 1 aromatic heterocycles. The summed E-state index contributed by atoms with van der Waals surface area (Å²) in [5.74, 6) is -0.525. The number of hydroxylamine groups is 1. The van der Waals surface area contributed by atoms with Gasteiger partial charge < -0.3 is 10.1 Å². The van der Waals surface area contributed by atoms with Gasteiger partial charge in [-0.2, -0.15) is 0 Å². The molecule has 3 N–H and O–H groups in total. The molecule has 0 fully saturated rings. The van der Waals surface area contributed by atoms with Crippen molar-refractivity contribution in [2.24, 2.45) is 10.9 Å². The highest BCUT2D eigenvalue weighted by molar-refractivity contribution is 6.31. The predicted molar refractivity (Wildman–Crippen MR) is 89.9 cm³/mol. The summed E-state index contributed by atoms with van der Waals surface area (Å²) in [6, 6.07) is 3.75. The molecule has 2 aromatic rings. The second-order valence-corrected chi connectivity index (χ2v) is 5.98. The van der Waals surface area contributed by atoms with Crippen molar-refractivity contribution in [2.75, 3.05) is 6.61 Å². The van der Waals surface area contributed by atoms with Gasteiger partial charge in [0.15, 0.2) is 11.5 Å². The van der Waals surface area contributed by atoms with Gasteiger partial charge in [0.2, 0.25) is 0 Å². The monoisotopic (exact) mass is 385 g/mol. The number of amidine groups is 1. The predicted octanol–water partition coefficient (Wildman–Crippen LogP) is 2.80. The number of nitrogens with zero attached hydrogens (tertiary/aromatic N) is 3. The van der Waals surface area contributed by atoms with E-state index in [0.717, 1.165) is 6.07 Å². The maximum Gasteiger partial charge on any atom is 0.407 e. The number of aromatic nitrogens is 2. The van der Waals surface area contributed by atoms with Crippen molar-refractivity contribution in [3.05, 3.63) is 40.4 Å². The number of carbonyl (C=O) groups excluding carboxylic acids is 1. The quantitative estimate of drug-likeness (QED) is 0.397. The molecule has 0 aliphatic carbocycles. The molecule has 1 amide bonds. The standard InChI is InChI=1S/C15H17ClFN5O4/c1-8(2)7-25-15(23)18-6-12-13(22-26-21-12)14(20-24)19-9-3-4-11(17)10(16)5-9/h3-5,8,24H,6-7H2,1-2H3,(H,18,23)(H,19,20). The fourth-order valence-corrected chi connectivity index (χ4v) is 1.94. The van der Waals surface area contributed by atoms with Crippen LogP contribution in [-0.2, 0) is 11.3 Å². The maximum atomic E-state index is 13.2. The van der Waals surface area contributed by atoms with E-state index in [1.807, 2.05) is 19.3 Å². The summed E-state index contributed by atoms with van der Waals surface area (Å²) < 4.78 is 22.8. The number of rotatable bonds is 6. The first-order valence-electron chi connectivity index (χ1n) is 7.57. The van der Waals surface area contributed by atoms with Gasteiger partial charge in [-0.05, 0) is 29.3 Å². The number of benzene rings is 1. The topological polar surface area (TPSA) is 122 Å². The molecule has 0 aliphatic rings. The fraction of sp³-hybridized carbons (Fsp3) is 0.333. The largest absolute Gasteiger partial charge is 0.449 e. The van der Waals surface area contributed by atoms with E-state index < -0.39 is 11.9 Å². The van der Waals surface area contributed by atoms with E-state index in [1.54, 1.807) is 0 Å². The maximum absolute atomic E-state index is 13.2. The van der Waals surface area contributed by atoms with E-state index in [0.29, 0.717) is 0 Å². The Balaban J connectivity index is 2.12. The summed E-state index contributed by atoms with van der Waals surface area (Å²) >= 11 is 5.70. The number of nitrogens with one attached hydrogen (secondary N) is 2. The fourth-order valence-electron chi connectivity index (χ4n) is 1.77. The van der Waals surface area contributed by atoms with Crippen molar-refractivity contribution in [2.45, 2.75) is 20.4 Å². The molecule has 0 saturated carbocycles. The van der Waals surface area contributed by atoms with Crippen LogP contribution in [0.4, 0.5) is 14.9 Å². The summed E-state index contributed by atoms with van der Waals surface area (Å²) in [6.07, 6.45) is -0.631. The van der Waals surface area contributed by atoms with Crippen molar-refractivity contribution in [3.8, 4) is 0 Å². The number of amides is 1. The number of hydrogen-bond acceptors (Lipinski definition) is 7. The Kier molecular flexibility index (Phi) is 6.87. The highest BCUT2D eigenvalue weighted by Gasteiger charge is 2.18. The summed E-state index contributed by atoms with van der Waals surface area (Å²) in [5, 5.41) is 19.0. The minimum absolute atomic E-state index is 0.0529. The molecule has 0 spiro atoms. The lowest BCUT2D eigenvalue weighted by Crippen LogP contribution is -2.28. The van der Waals surface area contributed by atoms with E-state index in [4.69, 9.17) is 16.3 Å². The van der Waals surface area contributed by atoms with Gasteiger partial charge in [0.1, 0.15) is 11.5 Å². The van der Waals surface area contributed by atoms with Crippen LogP contribution < -0.4 is 10.8 Å². The third kappa shape index (κ3) is 5.39. The van der Waals surface area contributed by atoms with Gasteiger partial charge in [0.05, 0.1) is 23.9 Å². The highest BCUT2D eigenvalue weighted by atomic mass is 35.5. The number of ether oxygens (including phenoxy) is 1. The van der Waals surface area contributed by atoms with Crippen LogP contribution in [0, 0.1) is 11.7 Å². The Morgan fingerprint density at radius 2 is 2.23 bits per heavy atom. The highest BCUT2D eigenvalue weighted by Crippen LogP contribution is 2.22. The number of carbonyl (C=O) groups is 1. The van der Waals surface area contributed by atoms with Crippen molar-refractivity contribution >= 4 is 29.2 Å². The van der Waals surface area contributed by atoms with E-state index in [-0.39, 0.29) is 47.0 Å². The van der Waals surface area contributed by atoms with Crippen LogP contribution in [0.5, 0.6) is 0 Å². The Bertz CT molecular complexity index is 796. The molecular weight excluding hydrogens is 369 g/mol. The molecule has 0 atom stereocenters. The third-order valence-electron chi connectivity index (χ3n) is 2.98.